The lowest BCUT2D eigenvalue weighted by Crippen LogP contribution is -2.02. The zero-order chi connectivity index (χ0) is 13.3. The van der Waals surface area contributed by atoms with Gasteiger partial charge in [0.05, 0.1) is 4.88 Å². The third kappa shape index (κ3) is 2.79. The van der Waals surface area contributed by atoms with E-state index >= 15 is 0 Å². The first kappa shape index (κ1) is 13.2. The number of Topliss-reactive ketones (excluding diaryl/α,β-unsaturated/α-hetero) is 1. The summed E-state index contributed by atoms with van der Waals surface area (Å²) in [5.74, 6) is -0.399. The molecule has 1 nitrogen and oxygen atoms in total. The van der Waals surface area contributed by atoms with Crippen molar-refractivity contribution >= 4 is 28.7 Å². The standard InChI is InChI=1S/C14H12ClFOS/c1-8-5-14(18-9(8)2)13(17)7-10-6-11(16)3-4-12(10)15/h3-6H,7H2,1-2H3. The van der Waals surface area contributed by atoms with Crippen molar-refractivity contribution in [3.8, 4) is 0 Å². The molecule has 18 heavy (non-hydrogen) atoms. The Hall–Kier alpha value is -1.19. The maximum Gasteiger partial charge on any atom is 0.177 e. The van der Waals surface area contributed by atoms with E-state index in [0.29, 0.717) is 15.5 Å². The average molecular weight is 283 g/mol. The highest BCUT2D eigenvalue weighted by molar-refractivity contribution is 7.14. The van der Waals surface area contributed by atoms with Crippen molar-refractivity contribution < 1.29 is 9.18 Å². The van der Waals surface area contributed by atoms with E-state index in [1.165, 1.54) is 29.5 Å². The highest BCUT2D eigenvalue weighted by atomic mass is 35.5. The summed E-state index contributed by atoms with van der Waals surface area (Å²) in [5.41, 5.74) is 1.64. The third-order valence-electron chi connectivity index (χ3n) is 2.80. The summed E-state index contributed by atoms with van der Waals surface area (Å²) < 4.78 is 13.1. The van der Waals surface area contributed by atoms with Crippen LogP contribution in [-0.2, 0) is 6.42 Å². The highest BCUT2D eigenvalue weighted by Crippen LogP contribution is 2.24. The molecule has 94 valence electrons. The van der Waals surface area contributed by atoms with Crippen molar-refractivity contribution in [1.82, 2.24) is 0 Å². The number of thiophene rings is 1. The fraction of sp³-hybridized carbons (Fsp3) is 0.214. The Labute approximate surface area is 114 Å². The molecule has 2 rings (SSSR count). The first-order valence-electron chi connectivity index (χ1n) is 5.51. The lowest BCUT2D eigenvalue weighted by Gasteiger charge is -2.02. The van der Waals surface area contributed by atoms with Crippen molar-refractivity contribution in [2.24, 2.45) is 0 Å². The number of hydrogen-bond donors (Lipinski definition) is 0. The van der Waals surface area contributed by atoms with E-state index in [1.54, 1.807) is 0 Å². The van der Waals surface area contributed by atoms with Crippen molar-refractivity contribution in [3.05, 3.63) is 56.0 Å². The van der Waals surface area contributed by atoms with Crippen LogP contribution in [0.3, 0.4) is 0 Å². The number of hydrogen-bond acceptors (Lipinski definition) is 2. The molecule has 2 aromatic rings. The Morgan fingerprint density at radius 3 is 2.67 bits per heavy atom. The van der Waals surface area contributed by atoms with E-state index in [0.717, 1.165) is 10.4 Å². The molecule has 1 aromatic heterocycles. The molecule has 0 radical (unpaired) electrons. The fourth-order valence-electron chi connectivity index (χ4n) is 1.65. The molecule has 0 fully saturated rings. The number of aryl methyl sites for hydroxylation is 2. The lowest BCUT2D eigenvalue weighted by atomic mass is 10.1. The zero-order valence-electron chi connectivity index (χ0n) is 10.1. The predicted molar refractivity (Wildman–Crippen MR) is 73.2 cm³/mol. The predicted octanol–water partition coefficient (Wildman–Crippen LogP) is 4.58. The molecule has 0 aliphatic carbocycles. The molecule has 0 atom stereocenters. The molecule has 0 saturated heterocycles. The average Bonchev–Trinajstić information content (AvgIpc) is 2.64. The van der Waals surface area contributed by atoms with Crippen molar-refractivity contribution in [3.63, 3.8) is 0 Å². The van der Waals surface area contributed by atoms with Crippen LogP contribution in [0.25, 0.3) is 0 Å². The maximum atomic E-state index is 13.1. The first-order chi connectivity index (χ1) is 8.47. The Balaban J connectivity index is 2.23. The highest BCUT2D eigenvalue weighted by Gasteiger charge is 2.13. The van der Waals surface area contributed by atoms with Gasteiger partial charge in [0.25, 0.3) is 0 Å². The Morgan fingerprint density at radius 1 is 1.33 bits per heavy atom. The van der Waals surface area contributed by atoms with Crippen LogP contribution in [0, 0.1) is 19.7 Å². The van der Waals surface area contributed by atoms with E-state index < -0.39 is 0 Å². The van der Waals surface area contributed by atoms with E-state index in [4.69, 9.17) is 11.6 Å². The molecule has 0 amide bonds. The van der Waals surface area contributed by atoms with Crippen LogP contribution in [0.5, 0.6) is 0 Å². The Bertz CT molecular complexity index is 584. The minimum Gasteiger partial charge on any atom is -0.293 e. The summed E-state index contributed by atoms with van der Waals surface area (Å²) >= 11 is 7.41. The maximum absolute atomic E-state index is 13.1. The minimum atomic E-state index is -0.374. The summed E-state index contributed by atoms with van der Waals surface area (Å²) in [6.45, 7) is 3.95. The van der Waals surface area contributed by atoms with Crippen LogP contribution in [0.2, 0.25) is 5.02 Å². The van der Waals surface area contributed by atoms with Crippen molar-refractivity contribution in [2.45, 2.75) is 20.3 Å². The van der Waals surface area contributed by atoms with Crippen LogP contribution >= 0.6 is 22.9 Å². The summed E-state index contributed by atoms with van der Waals surface area (Å²) in [6.07, 6.45) is 0.135. The second-order valence-electron chi connectivity index (χ2n) is 4.19. The number of rotatable bonds is 3. The van der Waals surface area contributed by atoms with Gasteiger partial charge in [0.2, 0.25) is 0 Å². The number of ketones is 1. The van der Waals surface area contributed by atoms with E-state index in [-0.39, 0.29) is 18.0 Å². The SMILES string of the molecule is Cc1cc(C(=O)Cc2cc(F)ccc2Cl)sc1C. The van der Waals surface area contributed by atoms with E-state index in [1.807, 2.05) is 19.9 Å². The number of halogens is 2. The van der Waals surface area contributed by atoms with Gasteiger partial charge in [0, 0.05) is 16.3 Å². The van der Waals surface area contributed by atoms with Crippen LogP contribution in [0.1, 0.15) is 25.7 Å². The van der Waals surface area contributed by atoms with Crippen LogP contribution in [0.4, 0.5) is 4.39 Å². The van der Waals surface area contributed by atoms with Crippen molar-refractivity contribution in [2.75, 3.05) is 0 Å². The van der Waals surface area contributed by atoms with Gasteiger partial charge in [-0.2, -0.15) is 0 Å². The molecule has 0 spiro atoms. The molecule has 1 heterocycles. The summed E-state index contributed by atoms with van der Waals surface area (Å²) in [4.78, 5) is 13.9. The molecule has 0 bridgehead atoms. The summed E-state index contributed by atoms with van der Waals surface area (Å²) in [6, 6.07) is 5.95. The smallest absolute Gasteiger partial charge is 0.177 e. The molecule has 4 heteroatoms. The van der Waals surface area contributed by atoms with Gasteiger partial charge in [-0.25, -0.2) is 4.39 Å². The first-order valence-corrected chi connectivity index (χ1v) is 6.71. The number of carbonyl (C=O) groups is 1. The van der Waals surface area contributed by atoms with Gasteiger partial charge in [0.1, 0.15) is 5.82 Å². The van der Waals surface area contributed by atoms with Gasteiger partial charge < -0.3 is 0 Å². The molecule has 0 aliphatic heterocycles. The number of benzene rings is 1. The Morgan fingerprint density at radius 2 is 2.06 bits per heavy atom. The number of carbonyl (C=O) groups excluding carboxylic acids is 1. The molecular weight excluding hydrogens is 271 g/mol. The topological polar surface area (TPSA) is 17.1 Å². The molecule has 0 saturated carbocycles. The van der Waals surface area contributed by atoms with E-state index in [9.17, 15) is 9.18 Å². The van der Waals surface area contributed by atoms with E-state index in [2.05, 4.69) is 0 Å². The molecule has 0 aliphatic rings. The monoisotopic (exact) mass is 282 g/mol. The van der Waals surface area contributed by atoms with Crippen LogP contribution in [0.15, 0.2) is 24.3 Å². The molecule has 1 aromatic carbocycles. The van der Waals surface area contributed by atoms with Crippen molar-refractivity contribution in [1.29, 1.82) is 0 Å². The van der Waals surface area contributed by atoms with Gasteiger partial charge in [-0.05, 0) is 49.2 Å². The Kier molecular flexibility index (Phi) is 3.83. The summed E-state index contributed by atoms with van der Waals surface area (Å²) in [7, 11) is 0. The third-order valence-corrected chi connectivity index (χ3v) is 4.36. The fourth-order valence-corrected chi connectivity index (χ4v) is 2.81. The molecular formula is C14H12ClFOS. The minimum absolute atomic E-state index is 0.0244. The second-order valence-corrected chi connectivity index (χ2v) is 5.85. The quantitative estimate of drug-likeness (QED) is 0.753. The second kappa shape index (κ2) is 5.21. The van der Waals surface area contributed by atoms with Gasteiger partial charge in [-0.3, -0.25) is 4.79 Å². The lowest BCUT2D eigenvalue weighted by molar-refractivity contribution is 0.0997. The van der Waals surface area contributed by atoms with Crippen LogP contribution < -0.4 is 0 Å². The van der Waals surface area contributed by atoms with Gasteiger partial charge in [0.15, 0.2) is 5.78 Å². The largest absolute Gasteiger partial charge is 0.293 e. The normalized spacial score (nSPS) is 10.7. The van der Waals surface area contributed by atoms with Gasteiger partial charge >= 0.3 is 0 Å². The molecule has 0 N–H and O–H groups in total. The van der Waals surface area contributed by atoms with Gasteiger partial charge in [-0.1, -0.05) is 11.6 Å². The molecule has 0 unspecified atom stereocenters. The van der Waals surface area contributed by atoms with Gasteiger partial charge in [-0.15, -0.1) is 11.3 Å². The zero-order valence-corrected chi connectivity index (χ0v) is 11.7. The summed E-state index contributed by atoms with van der Waals surface area (Å²) in [5, 5.41) is 0.426. The van der Waals surface area contributed by atoms with Crippen LogP contribution in [-0.4, -0.2) is 5.78 Å².